The third-order valence-electron chi connectivity index (χ3n) is 4.04. The van der Waals surface area contributed by atoms with Crippen molar-refractivity contribution in [3.63, 3.8) is 0 Å². The number of nitrogens with zero attached hydrogens (tertiary/aromatic N) is 1. The van der Waals surface area contributed by atoms with Crippen LogP contribution in [-0.4, -0.2) is 17.6 Å². The largest absolute Gasteiger partial charge is 0.382 e. The minimum atomic E-state index is 0.414. The molecule has 0 radical (unpaired) electrons. The van der Waals surface area contributed by atoms with Gasteiger partial charge in [-0.2, -0.15) is 0 Å². The van der Waals surface area contributed by atoms with Crippen LogP contribution in [0.25, 0.3) is 0 Å². The molecule has 2 rings (SSSR count). The second kappa shape index (κ2) is 5.63. The van der Waals surface area contributed by atoms with Gasteiger partial charge < -0.3 is 10.6 Å². The maximum atomic E-state index is 4.33. The van der Waals surface area contributed by atoms with E-state index in [2.05, 4.69) is 62.4 Å². The first-order chi connectivity index (χ1) is 9.30. The molecule has 1 aromatic heterocycles. The SMILES string of the molecule is CCNc1cc(NC2CC(C)(C)CC(C)(C)C2)ccn1. The molecule has 3 heteroatoms. The molecular formula is C17H29N3. The van der Waals surface area contributed by atoms with E-state index in [9.17, 15) is 0 Å². The van der Waals surface area contributed by atoms with Crippen LogP contribution in [0.15, 0.2) is 18.3 Å². The van der Waals surface area contributed by atoms with Crippen molar-refractivity contribution in [2.45, 2.75) is 59.9 Å². The number of anilines is 2. The van der Waals surface area contributed by atoms with E-state index in [0.29, 0.717) is 16.9 Å². The molecule has 1 saturated carbocycles. The first-order valence-electron chi connectivity index (χ1n) is 7.76. The number of hydrogen-bond acceptors (Lipinski definition) is 3. The molecule has 1 fully saturated rings. The van der Waals surface area contributed by atoms with E-state index in [0.717, 1.165) is 12.4 Å². The van der Waals surface area contributed by atoms with Gasteiger partial charge in [0, 0.05) is 30.5 Å². The van der Waals surface area contributed by atoms with Crippen LogP contribution in [0.3, 0.4) is 0 Å². The molecule has 0 bridgehead atoms. The summed E-state index contributed by atoms with van der Waals surface area (Å²) in [7, 11) is 0. The van der Waals surface area contributed by atoms with Gasteiger partial charge in [0.05, 0.1) is 0 Å². The zero-order valence-corrected chi connectivity index (χ0v) is 13.6. The van der Waals surface area contributed by atoms with Gasteiger partial charge in [-0.15, -0.1) is 0 Å². The third-order valence-corrected chi connectivity index (χ3v) is 4.04. The quantitative estimate of drug-likeness (QED) is 0.847. The molecule has 0 aromatic carbocycles. The summed E-state index contributed by atoms with van der Waals surface area (Å²) in [6.07, 6.45) is 5.64. The molecule has 1 aliphatic rings. The Bertz CT molecular complexity index is 435. The summed E-state index contributed by atoms with van der Waals surface area (Å²) in [5, 5.41) is 6.98. The molecule has 1 heterocycles. The topological polar surface area (TPSA) is 37.0 Å². The van der Waals surface area contributed by atoms with E-state index in [1.807, 2.05) is 6.20 Å². The Morgan fingerprint density at radius 3 is 2.45 bits per heavy atom. The van der Waals surface area contributed by atoms with Gasteiger partial charge in [-0.25, -0.2) is 4.98 Å². The van der Waals surface area contributed by atoms with Gasteiger partial charge in [0.25, 0.3) is 0 Å². The average molecular weight is 275 g/mol. The average Bonchev–Trinajstić information content (AvgIpc) is 2.25. The van der Waals surface area contributed by atoms with E-state index >= 15 is 0 Å². The van der Waals surface area contributed by atoms with E-state index in [-0.39, 0.29) is 0 Å². The van der Waals surface area contributed by atoms with Crippen molar-refractivity contribution in [1.82, 2.24) is 4.98 Å². The first-order valence-corrected chi connectivity index (χ1v) is 7.76. The third kappa shape index (κ3) is 4.12. The summed E-state index contributed by atoms with van der Waals surface area (Å²) in [6, 6.07) is 4.72. The number of pyridine rings is 1. The summed E-state index contributed by atoms with van der Waals surface area (Å²) < 4.78 is 0. The Balaban J connectivity index is 2.07. The molecule has 0 spiro atoms. The van der Waals surface area contributed by atoms with Crippen molar-refractivity contribution in [1.29, 1.82) is 0 Å². The number of hydrogen-bond donors (Lipinski definition) is 2. The second-order valence-corrected chi connectivity index (χ2v) is 7.71. The molecule has 1 aliphatic carbocycles. The summed E-state index contributed by atoms with van der Waals surface area (Å²) in [4.78, 5) is 4.33. The highest BCUT2D eigenvalue weighted by Gasteiger charge is 2.38. The highest BCUT2D eigenvalue weighted by atomic mass is 15.0. The lowest BCUT2D eigenvalue weighted by atomic mass is 9.63. The smallest absolute Gasteiger partial charge is 0.127 e. The Labute approximate surface area is 123 Å². The predicted octanol–water partition coefficient (Wildman–Crippen LogP) is 4.53. The molecule has 3 nitrogen and oxygen atoms in total. The minimum absolute atomic E-state index is 0.414. The Kier molecular flexibility index (Phi) is 4.26. The lowest BCUT2D eigenvalue weighted by molar-refractivity contribution is 0.105. The molecule has 2 N–H and O–H groups in total. The van der Waals surface area contributed by atoms with Gasteiger partial charge in [0.15, 0.2) is 0 Å². The van der Waals surface area contributed by atoms with Gasteiger partial charge in [0.1, 0.15) is 5.82 Å². The highest BCUT2D eigenvalue weighted by molar-refractivity contribution is 5.52. The van der Waals surface area contributed by atoms with Crippen molar-refractivity contribution in [2.75, 3.05) is 17.2 Å². The van der Waals surface area contributed by atoms with Crippen LogP contribution in [-0.2, 0) is 0 Å². The molecule has 0 atom stereocenters. The molecule has 0 saturated heterocycles. The van der Waals surface area contributed by atoms with Crippen LogP contribution >= 0.6 is 0 Å². The fourth-order valence-corrected chi connectivity index (χ4v) is 3.98. The summed E-state index contributed by atoms with van der Waals surface area (Å²) in [6.45, 7) is 12.5. The van der Waals surface area contributed by atoms with Crippen molar-refractivity contribution in [3.8, 4) is 0 Å². The fourth-order valence-electron chi connectivity index (χ4n) is 3.98. The van der Waals surface area contributed by atoms with Crippen molar-refractivity contribution in [2.24, 2.45) is 10.8 Å². The normalized spacial score (nSPS) is 21.4. The fraction of sp³-hybridized carbons (Fsp3) is 0.706. The van der Waals surface area contributed by atoms with E-state index < -0.39 is 0 Å². The predicted molar refractivity (Wildman–Crippen MR) is 87.2 cm³/mol. The molecule has 20 heavy (non-hydrogen) atoms. The summed E-state index contributed by atoms with van der Waals surface area (Å²) >= 11 is 0. The number of rotatable bonds is 4. The molecule has 0 unspecified atom stereocenters. The Morgan fingerprint density at radius 2 is 1.85 bits per heavy atom. The maximum absolute atomic E-state index is 4.33. The lowest BCUT2D eigenvalue weighted by Gasteiger charge is -2.45. The van der Waals surface area contributed by atoms with Gasteiger partial charge in [-0.1, -0.05) is 27.7 Å². The van der Waals surface area contributed by atoms with Crippen LogP contribution in [0.2, 0.25) is 0 Å². The van der Waals surface area contributed by atoms with Gasteiger partial charge in [-0.05, 0) is 43.1 Å². The summed E-state index contributed by atoms with van der Waals surface area (Å²) in [5.41, 5.74) is 2.00. The lowest BCUT2D eigenvalue weighted by Crippen LogP contribution is -2.40. The first kappa shape index (κ1) is 15.1. The molecule has 0 amide bonds. The number of aromatic nitrogens is 1. The van der Waals surface area contributed by atoms with Crippen LogP contribution in [0.1, 0.15) is 53.9 Å². The molecule has 1 aromatic rings. The van der Waals surface area contributed by atoms with E-state index in [1.165, 1.54) is 24.9 Å². The molecule has 0 aliphatic heterocycles. The Hall–Kier alpha value is -1.25. The van der Waals surface area contributed by atoms with Crippen LogP contribution in [0, 0.1) is 10.8 Å². The zero-order chi connectivity index (χ0) is 14.8. The van der Waals surface area contributed by atoms with E-state index in [4.69, 9.17) is 0 Å². The van der Waals surface area contributed by atoms with Crippen LogP contribution < -0.4 is 10.6 Å². The monoisotopic (exact) mass is 275 g/mol. The number of nitrogens with one attached hydrogen (secondary N) is 2. The Morgan fingerprint density at radius 1 is 1.20 bits per heavy atom. The van der Waals surface area contributed by atoms with Crippen molar-refractivity contribution < 1.29 is 0 Å². The van der Waals surface area contributed by atoms with Gasteiger partial charge >= 0.3 is 0 Å². The standard InChI is InChI=1S/C17H29N3/c1-6-18-15-9-13(7-8-19-15)20-14-10-16(2,3)12-17(4,5)11-14/h7-9,14H,6,10-12H2,1-5H3,(H2,18,19,20). The zero-order valence-electron chi connectivity index (χ0n) is 13.6. The maximum Gasteiger partial charge on any atom is 0.127 e. The van der Waals surface area contributed by atoms with Crippen LogP contribution in [0.5, 0.6) is 0 Å². The molecule has 112 valence electrons. The van der Waals surface area contributed by atoms with Gasteiger partial charge in [0.2, 0.25) is 0 Å². The highest BCUT2D eigenvalue weighted by Crippen LogP contribution is 2.46. The molecular weight excluding hydrogens is 246 g/mol. The summed E-state index contributed by atoms with van der Waals surface area (Å²) in [5.74, 6) is 0.951. The minimum Gasteiger partial charge on any atom is -0.382 e. The van der Waals surface area contributed by atoms with E-state index in [1.54, 1.807) is 0 Å². The van der Waals surface area contributed by atoms with Gasteiger partial charge in [-0.3, -0.25) is 0 Å². The second-order valence-electron chi connectivity index (χ2n) is 7.71. The van der Waals surface area contributed by atoms with Crippen LogP contribution in [0.4, 0.5) is 11.5 Å². The van der Waals surface area contributed by atoms with Crippen molar-refractivity contribution >= 4 is 11.5 Å². The van der Waals surface area contributed by atoms with Crippen molar-refractivity contribution in [3.05, 3.63) is 18.3 Å².